The van der Waals surface area contributed by atoms with E-state index < -0.39 is 16.1 Å². The fourth-order valence-corrected chi connectivity index (χ4v) is 36.6. The zero-order chi connectivity index (χ0) is 93.3. The lowest BCUT2D eigenvalue weighted by Gasteiger charge is -2.33. The molecule has 2 fully saturated rings. The zero-order valence-corrected chi connectivity index (χ0v) is 90.8. The molecule has 0 unspecified atom stereocenters. The van der Waals surface area contributed by atoms with Crippen LogP contribution in [-0.2, 0) is 29.4 Å². The van der Waals surface area contributed by atoms with E-state index in [1.54, 1.807) is 43.0 Å². The first-order valence-electron chi connectivity index (χ1n) is 53.2. The maximum absolute atomic E-state index is 6.55. The maximum Gasteiger partial charge on any atom is 0.494 e. The minimum atomic E-state index is -2.09. The van der Waals surface area contributed by atoms with Crippen LogP contribution in [0, 0.1) is 7.14 Å². The molecule has 0 atom stereocenters. The summed E-state index contributed by atoms with van der Waals surface area (Å²) in [5, 5.41) is 6.94. The molecular weight excluding hydrogens is 1860 g/mol. The van der Waals surface area contributed by atoms with Gasteiger partial charge in [0.15, 0.2) is 0 Å². The summed E-state index contributed by atoms with van der Waals surface area (Å²) in [6, 6.07) is 87.0. The molecule has 4 heterocycles. The Morgan fingerprint density at radius 2 is 0.462 bits per heavy atom. The molecule has 10 aromatic rings. The number of hydrogen-bond acceptors (Lipinski definition) is 4. The van der Waals surface area contributed by atoms with Crippen LogP contribution >= 0.6 is 45.2 Å². The van der Waals surface area contributed by atoms with Crippen LogP contribution in [-0.4, -0.2) is 52.8 Å². The largest absolute Gasteiger partial charge is 0.494 e. The van der Waals surface area contributed by atoms with Gasteiger partial charge in [0.1, 0.15) is 16.1 Å². The van der Waals surface area contributed by atoms with E-state index in [-0.39, 0.29) is 47.5 Å². The van der Waals surface area contributed by atoms with E-state index in [9.17, 15) is 0 Å². The van der Waals surface area contributed by atoms with Crippen molar-refractivity contribution in [1.82, 2.24) is 0 Å². The molecular formula is C122H162B2I2O4Si2. The van der Waals surface area contributed by atoms with Crippen molar-refractivity contribution in [2.75, 3.05) is 0 Å². The van der Waals surface area contributed by atoms with E-state index in [1.165, 1.54) is 328 Å². The molecule has 2 aliphatic carbocycles. The van der Waals surface area contributed by atoms with Crippen molar-refractivity contribution in [3.8, 4) is 77.9 Å². The summed E-state index contributed by atoms with van der Waals surface area (Å²) in [5.41, 5.74) is 27.0. The number of halogens is 2. The molecule has 10 aromatic carbocycles. The molecule has 2 saturated heterocycles. The number of benzene rings is 10. The number of unbranched alkanes of at least 4 members (excludes halogenated alkanes) is 24. The average molecular weight is 2020 g/mol. The molecule has 0 spiro atoms. The molecule has 132 heavy (non-hydrogen) atoms. The van der Waals surface area contributed by atoms with Gasteiger partial charge in [-0.1, -0.05) is 431 Å². The van der Waals surface area contributed by atoms with E-state index in [4.69, 9.17) is 18.6 Å². The molecule has 6 aliphatic rings. The summed E-state index contributed by atoms with van der Waals surface area (Å²) < 4.78 is 29.0. The van der Waals surface area contributed by atoms with Crippen LogP contribution in [0.15, 0.2) is 206 Å². The van der Waals surface area contributed by atoms with Gasteiger partial charge in [0.05, 0.1) is 22.4 Å². The number of fused-ring (bicyclic) bond motifs is 12. The van der Waals surface area contributed by atoms with Crippen LogP contribution in [0.25, 0.3) is 77.9 Å². The summed E-state index contributed by atoms with van der Waals surface area (Å²) in [4.78, 5) is 0. The Bertz CT molecular complexity index is 5050. The minimum absolute atomic E-state index is 0.0326. The van der Waals surface area contributed by atoms with Crippen LogP contribution in [0.4, 0.5) is 0 Å². The first-order chi connectivity index (χ1) is 63.9. The molecule has 0 aromatic heterocycles. The van der Waals surface area contributed by atoms with Crippen LogP contribution in [0.2, 0.25) is 24.2 Å². The van der Waals surface area contributed by atoms with E-state index >= 15 is 0 Å². The Morgan fingerprint density at radius 1 is 0.227 bits per heavy atom. The van der Waals surface area contributed by atoms with Gasteiger partial charge in [0, 0.05) is 18.0 Å². The second-order valence-electron chi connectivity index (χ2n) is 42.8. The highest BCUT2D eigenvalue weighted by Gasteiger charge is 2.56. The zero-order valence-electron chi connectivity index (χ0n) is 84.5. The van der Waals surface area contributed by atoms with Crippen LogP contribution in [0.3, 0.4) is 0 Å². The third-order valence-electron chi connectivity index (χ3n) is 32.7. The van der Waals surface area contributed by atoms with Crippen molar-refractivity contribution in [3.05, 3.63) is 236 Å². The quantitative estimate of drug-likeness (QED) is 0.0217. The Labute approximate surface area is 831 Å². The summed E-state index contributed by atoms with van der Waals surface area (Å²) in [5.74, 6) is 0. The van der Waals surface area contributed by atoms with Gasteiger partial charge in [0.25, 0.3) is 0 Å². The van der Waals surface area contributed by atoms with Crippen molar-refractivity contribution in [2.45, 2.75) is 399 Å². The third kappa shape index (κ3) is 22.0. The predicted molar refractivity (Wildman–Crippen MR) is 597 cm³/mol. The van der Waals surface area contributed by atoms with Gasteiger partial charge in [-0.3, -0.25) is 0 Å². The van der Waals surface area contributed by atoms with E-state index in [2.05, 4.69) is 362 Å². The normalized spacial score (nSPS) is 16.7. The summed E-state index contributed by atoms with van der Waals surface area (Å²) in [7, 11) is -4.47. The Kier molecular flexibility index (Phi) is 35.7. The summed E-state index contributed by atoms with van der Waals surface area (Å²) in [6.07, 6.45) is 46.9. The van der Waals surface area contributed by atoms with E-state index in [1.807, 2.05) is 0 Å². The highest BCUT2D eigenvalue weighted by Crippen LogP contribution is 2.58. The molecule has 4 nitrogen and oxygen atoms in total. The molecule has 0 N–H and O–H groups in total. The highest BCUT2D eigenvalue weighted by atomic mass is 127. The number of rotatable bonds is 45. The molecule has 10 heteroatoms. The van der Waals surface area contributed by atoms with Crippen molar-refractivity contribution in [1.29, 1.82) is 0 Å². The molecule has 0 radical (unpaired) electrons. The fraction of sp³-hybridized carbons (Fsp3) is 0.508. The Hall–Kier alpha value is -5.94. The number of hydrogen-bond donors (Lipinski definition) is 0. The first-order valence-corrected chi connectivity index (χ1v) is 60.2. The van der Waals surface area contributed by atoms with Gasteiger partial charge in [-0.2, -0.15) is 0 Å². The van der Waals surface area contributed by atoms with Crippen molar-refractivity contribution >= 4 is 107 Å². The monoisotopic (exact) mass is 2020 g/mol. The second-order valence-corrected chi connectivity index (χ2v) is 53.7. The molecule has 16 rings (SSSR count). The van der Waals surface area contributed by atoms with Crippen LogP contribution in [0.1, 0.15) is 364 Å². The maximum atomic E-state index is 6.55. The van der Waals surface area contributed by atoms with Crippen LogP contribution < -0.4 is 31.7 Å². The molecule has 0 bridgehead atoms. The Balaban J connectivity index is 0.000000173. The predicted octanol–water partition coefficient (Wildman–Crippen LogP) is 33.7. The standard InChI is InChI=1S/C61H74Si.C37H56B2O4.C24H32I2Si/c1-5-9-13-23-39-61(40-24-14-10-6-2)57-43-49(47-27-19-17-20-28-47)31-35-53(57)54-36-32-50(44-58(54)61)52-34-38-56-55-37-33-51(48-29-21-18-22-30-48)45-59(55)62(60(56)46-52,41-25-15-11-7-3)42-26-16-12-8-4;1-11-13-15-17-23-37(24-18-16-14-12-2)31-25-27(38-40-33(3,4)34(5,6)41-38)19-21-29(31)30-22-20-28(26-32(30)37)39-42-35(7,8)36(9,10)43-39;1-3-5-7-9-15-27(16-10-8-6-4-2)23-17-19(25)11-13-21(23)22-14-12-20(26)18-24(22)27/h17-22,27-38,43-46H,5-16,23-26,39-42H2,1-4H3;19-22,25-26H,11-18,23-24H2,1-10H3;11-14,17-18H,3-10,15-16H2,1-2H3. The lowest BCUT2D eigenvalue weighted by atomic mass is 9.67. The van der Waals surface area contributed by atoms with Crippen LogP contribution in [0.5, 0.6) is 0 Å². The topological polar surface area (TPSA) is 36.9 Å². The smallest absolute Gasteiger partial charge is 0.399 e. The third-order valence-corrected chi connectivity index (χ3v) is 44.6. The Morgan fingerprint density at radius 3 is 0.758 bits per heavy atom. The van der Waals surface area contributed by atoms with E-state index in [0.29, 0.717) is 0 Å². The average Bonchev–Trinajstić information content (AvgIpc) is 1.54. The lowest BCUT2D eigenvalue weighted by molar-refractivity contribution is 0.00578. The molecule has 702 valence electrons. The summed E-state index contributed by atoms with van der Waals surface area (Å²) in [6.45, 7) is 35.8. The van der Waals surface area contributed by atoms with Gasteiger partial charge in [-0.05, 0) is 319 Å². The molecule has 4 aliphatic heterocycles. The van der Waals surface area contributed by atoms with Gasteiger partial charge in [0.2, 0.25) is 0 Å². The van der Waals surface area contributed by atoms with Gasteiger partial charge < -0.3 is 18.6 Å². The SMILES string of the molecule is CCCCCCC1(CCCCCC)c2cc(-c3ccccc3)ccc2-c2ccc(-c3ccc4c(c3)[Si](CCCCCC)(CCCCCC)c3cc(-c5ccccc5)ccc3-4)cc21.CCCCCCC1(CCCCCC)c2cc(B3OC(C)(C)C(C)(C)O3)ccc2-c2ccc(B3OC(C)(C)C(C)(C)O3)cc21.CCCCCC[Si]1(CCCCCC)c2cc(I)ccc2-c2ccc(I)cc21. The highest BCUT2D eigenvalue weighted by molar-refractivity contribution is 14.1. The van der Waals surface area contributed by atoms with Gasteiger partial charge in [-0.15, -0.1) is 0 Å². The van der Waals surface area contributed by atoms with Crippen molar-refractivity contribution in [2.24, 2.45) is 0 Å². The second kappa shape index (κ2) is 46.2. The van der Waals surface area contributed by atoms with Crippen molar-refractivity contribution < 1.29 is 18.6 Å². The fourth-order valence-electron chi connectivity index (χ4n) is 23.7. The van der Waals surface area contributed by atoms with Gasteiger partial charge in [-0.25, -0.2) is 0 Å². The van der Waals surface area contributed by atoms with Crippen molar-refractivity contribution in [3.63, 3.8) is 0 Å². The lowest BCUT2D eigenvalue weighted by Crippen LogP contribution is -2.55. The molecule has 0 amide bonds. The first kappa shape index (κ1) is 102. The summed E-state index contributed by atoms with van der Waals surface area (Å²) >= 11 is 5.04. The minimum Gasteiger partial charge on any atom is -0.399 e. The van der Waals surface area contributed by atoms with E-state index in [0.717, 1.165) is 23.8 Å². The van der Waals surface area contributed by atoms with Gasteiger partial charge >= 0.3 is 14.2 Å². The molecule has 0 saturated carbocycles.